The van der Waals surface area contributed by atoms with Gasteiger partial charge in [0.1, 0.15) is 5.82 Å². The lowest BCUT2D eigenvalue weighted by Crippen LogP contribution is -2.17. The molecular formula is C19H15F4NO. The van der Waals surface area contributed by atoms with E-state index in [0.717, 1.165) is 17.7 Å². The molecule has 0 aliphatic heterocycles. The second kappa shape index (κ2) is 6.43. The van der Waals surface area contributed by atoms with Crippen LogP contribution in [0.1, 0.15) is 34.9 Å². The molecule has 0 bridgehead atoms. The van der Waals surface area contributed by atoms with Gasteiger partial charge in [0.15, 0.2) is 5.78 Å². The predicted octanol–water partition coefficient (Wildman–Crippen LogP) is 4.76. The fraction of sp³-hybridized carbons (Fsp3) is 0.263. The molecule has 0 radical (unpaired) electrons. The highest BCUT2D eigenvalue weighted by Crippen LogP contribution is 2.41. The number of alkyl halides is 3. The molecule has 1 saturated carbocycles. The van der Waals surface area contributed by atoms with Crippen molar-refractivity contribution in [2.45, 2.75) is 24.4 Å². The molecule has 0 N–H and O–H groups in total. The van der Waals surface area contributed by atoms with E-state index in [1.807, 2.05) is 6.07 Å². The summed E-state index contributed by atoms with van der Waals surface area (Å²) in [5.74, 6) is -2.78. The number of carbonyl (C=O) groups is 1. The van der Waals surface area contributed by atoms with Gasteiger partial charge in [-0.3, -0.25) is 9.79 Å². The minimum atomic E-state index is -4.60. The van der Waals surface area contributed by atoms with E-state index in [2.05, 4.69) is 4.99 Å². The highest BCUT2D eigenvalue weighted by atomic mass is 19.4. The molecule has 2 unspecified atom stereocenters. The average molecular weight is 349 g/mol. The van der Waals surface area contributed by atoms with Crippen molar-refractivity contribution < 1.29 is 22.4 Å². The summed E-state index contributed by atoms with van der Waals surface area (Å²) in [7, 11) is 1.47. The molecule has 1 aliphatic carbocycles. The number of Topliss-reactive ketones (excluding diaryl/α,β-unsaturated/α-hetero) is 1. The summed E-state index contributed by atoms with van der Waals surface area (Å²) >= 11 is 0. The third-order valence-electron chi connectivity index (χ3n) is 4.50. The molecule has 3 rings (SSSR count). The fourth-order valence-corrected chi connectivity index (χ4v) is 3.25. The van der Waals surface area contributed by atoms with Crippen molar-refractivity contribution in [3.63, 3.8) is 0 Å². The van der Waals surface area contributed by atoms with Gasteiger partial charge < -0.3 is 0 Å². The Bertz CT molecular complexity index is 827. The van der Waals surface area contributed by atoms with Crippen molar-refractivity contribution in [3.8, 4) is 0 Å². The summed E-state index contributed by atoms with van der Waals surface area (Å²) in [6.45, 7) is 0. The highest BCUT2D eigenvalue weighted by Gasteiger charge is 2.43. The van der Waals surface area contributed by atoms with Gasteiger partial charge in [-0.25, -0.2) is 4.39 Å². The van der Waals surface area contributed by atoms with E-state index < -0.39 is 29.4 Å². The molecule has 0 saturated heterocycles. The molecule has 6 heteroatoms. The Morgan fingerprint density at radius 2 is 1.76 bits per heavy atom. The molecule has 2 aromatic rings. The van der Waals surface area contributed by atoms with Crippen LogP contribution in [-0.4, -0.2) is 18.5 Å². The van der Waals surface area contributed by atoms with E-state index in [4.69, 9.17) is 0 Å². The minimum Gasteiger partial charge on any atom is -0.298 e. The van der Waals surface area contributed by atoms with Crippen LogP contribution >= 0.6 is 0 Å². The van der Waals surface area contributed by atoms with Gasteiger partial charge in [0.2, 0.25) is 0 Å². The zero-order valence-corrected chi connectivity index (χ0v) is 13.3. The lowest BCUT2D eigenvalue weighted by atomic mass is 9.90. The Hall–Kier alpha value is -2.50. The molecule has 0 amide bonds. The summed E-state index contributed by atoms with van der Waals surface area (Å²) in [4.78, 5) is 16.9. The Kier molecular flexibility index (Phi) is 4.45. The Balaban J connectivity index is 2.06. The van der Waals surface area contributed by atoms with E-state index in [0.29, 0.717) is 11.8 Å². The summed E-state index contributed by atoms with van der Waals surface area (Å²) in [6.07, 6.45) is -4.33. The maximum Gasteiger partial charge on any atom is 0.416 e. The quantitative estimate of drug-likeness (QED) is 0.719. The molecule has 2 nitrogen and oxygen atoms in total. The number of benzene rings is 2. The van der Waals surface area contributed by atoms with Crippen LogP contribution in [0.3, 0.4) is 0 Å². The second-order valence-corrected chi connectivity index (χ2v) is 5.95. The average Bonchev–Trinajstić information content (AvgIpc) is 2.91. The topological polar surface area (TPSA) is 29.4 Å². The van der Waals surface area contributed by atoms with Crippen LogP contribution in [-0.2, 0) is 11.0 Å². The Morgan fingerprint density at radius 3 is 2.36 bits per heavy atom. The molecule has 0 heterocycles. The largest absolute Gasteiger partial charge is 0.416 e. The minimum absolute atomic E-state index is 0.265. The zero-order chi connectivity index (χ0) is 18.2. The molecule has 25 heavy (non-hydrogen) atoms. The van der Waals surface area contributed by atoms with Crippen LogP contribution in [0.25, 0.3) is 0 Å². The van der Waals surface area contributed by atoms with E-state index in [9.17, 15) is 22.4 Å². The summed E-state index contributed by atoms with van der Waals surface area (Å²) in [5, 5.41) is 0. The van der Waals surface area contributed by atoms with Gasteiger partial charge in [-0.2, -0.15) is 13.2 Å². The van der Waals surface area contributed by atoms with Gasteiger partial charge in [-0.15, -0.1) is 0 Å². The number of hydrogen-bond donors (Lipinski definition) is 0. The third kappa shape index (κ3) is 3.21. The van der Waals surface area contributed by atoms with E-state index in [-0.39, 0.29) is 17.8 Å². The molecule has 0 spiro atoms. The van der Waals surface area contributed by atoms with Gasteiger partial charge in [-0.05, 0) is 23.8 Å². The van der Waals surface area contributed by atoms with Crippen LogP contribution in [0.15, 0.2) is 53.5 Å². The van der Waals surface area contributed by atoms with Crippen LogP contribution in [0.5, 0.6) is 0 Å². The van der Waals surface area contributed by atoms with Crippen molar-refractivity contribution in [2.75, 3.05) is 7.05 Å². The van der Waals surface area contributed by atoms with Gasteiger partial charge >= 0.3 is 6.18 Å². The number of ketones is 1. The second-order valence-electron chi connectivity index (χ2n) is 5.95. The maximum absolute atomic E-state index is 14.2. The molecule has 2 atom stereocenters. The SMILES string of the molecule is CN=C1CC(c2ccccc2)C(=O)C1c1cc(C(F)(F)F)ccc1F. The van der Waals surface area contributed by atoms with Crippen molar-refractivity contribution >= 4 is 11.5 Å². The van der Waals surface area contributed by atoms with Crippen molar-refractivity contribution in [1.29, 1.82) is 0 Å². The van der Waals surface area contributed by atoms with Gasteiger partial charge in [-0.1, -0.05) is 30.3 Å². The first kappa shape index (κ1) is 17.3. The van der Waals surface area contributed by atoms with Gasteiger partial charge in [0, 0.05) is 30.7 Å². The molecule has 1 fully saturated rings. The van der Waals surface area contributed by atoms with E-state index in [1.54, 1.807) is 24.3 Å². The molecule has 130 valence electrons. The number of carbonyl (C=O) groups excluding carboxylic acids is 1. The predicted molar refractivity (Wildman–Crippen MR) is 86.3 cm³/mol. The number of hydrogen-bond acceptors (Lipinski definition) is 2. The van der Waals surface area contributed by atoms with Crippen molar-refractivity contribution in [1.82, 2.24) is 0 Å². The normalized spacial score (nSPS) is 22.6. The summed E-state index contributed by atoms with van der Waals surface area (Å²) < 4.78 is 53.1. The zero-order valence-electron chi connectivity index (χ0n) is 13.3. The van der Waals surface area contributed by atoms with Crippen LogP contribution in [0.2, 0.25) is 0 Å². The van der Waals surface area contributed by atoms with E-state index >= 15 is 0 Å². The van der Waals surface area contributed by atoms with Gasteiger partial charge in [0.25, 0.3) is 0 Å². The fourth-order valence-electron chi connectivity index (χ4n) is 3.25. The smallest absolute Gasteiger partial charge is 0.298 e. The van der Waals surface area contributed by atoms with Gasteiger partial charge in [0.05, 0.1) is 11.5 Å². The Labute approximate surface area is 142 Å². The lowest BCUT2D eigenvalue weighted by Gasteiger charge is -2.15. The lowest BCUT2D eigenvalue weighted by molar-refractivity contribution is -0.137. The van der Waals surface area contributed by atoms with Crippen LogP contribution in [0.4, 0.5) is 17.6 Å². The summed E-state index contributed by atoms with van der Waals surface area (Å²) in [6, 6.07) is 11.1. The number of halogens is 4. The highest BCUT2D eigenvalue weighted by molar-refractivity contribution is 6.18. The summed E-state index contributed by atoms with van der Waals surface area (Å²) in [5.41, 5.74) is -0.0882. The number of rotatable bonds is 2. The van der Waals surface area contributed by atoms with Crippen molar-refractivity contribution in [2.24, 2.45) is 4.99 Å². The van der Waals surface area contributed by atoms with Crippen molar-refractivity contribution in [3.05, 3.63) is 71.0 Å². The first-order chi connectivity index (χ1) is 11.8. The third-order valence-corrected chi connectivity index (χ3v) is 4.50. The maximum atomic E-state index is 14.2. The van der Waals surface area contributed by atoms with Crippen LogP contribution < -0.4 is 0 Å². The molecular weight excluding hydrogens is 334 g/mol. The molecule has 0 aromatic heterocycles. The number of aliphatic imine (C=N–C) groups is 1. The standard InChI is InChI=1S/C19H15F4NO/c1-24-16-10-13(11-5-3-2-4-6-11)18(25)17(16)14-9-12(19(21,22)23)7-8-15(14)20/h2-9,13,17H,10H2,1H3. The first-order valence-corrected chi connectivity index (χ1v) is 7.73. The number of nitrogens with zero attached hydrogens (tertiary/aromatic N) is 1. The Morgan fingerprint density at radius 1 is 1.08 bits per heavy atom. The van der Waals surface area contributed by atoms with E-state index in [1.165, 1.54) is 7.05 Å². The molecule has 2 aromatic carbocycles. The van der Waals surface area contributed by atoms with Crippen LogP contribution in [0, 0.1) is 5.82 Å². The molecule has 1 aliphatic rings. The first-order valence-electron chi connectivity index (χ1n) is 7.73. The monoisotopic (exact) mass is 349 g/mol.